The molecule has 18 heavy (non-hydrogen) atoms. The van der Waals surface area contributed by atoms with Crippen molar-refractivity contribution in [1.29, 1.82) is 0 Å². The van der Waals surface area contributed by atoms with Gasteiger partial charge in [0.05, 0.1) is 5.52 Å². The fourth-order valence-corrected chi connectivity index (χ4v) is 1.80. The Morgan fingerprint density at radius 2 is 1.72 bits per heavy atom. The average Bonchev–Trinajstić information content (AvgIpc) is 2.71. The highest BCUT2D eigenvalue weighted by Crippen LogP contribution is 2.35. The van der Waals surface area contributed by atoms with Crippen LogP contribution in [0.5, 0.6) is 11.5 Å². The Morgan fingerprint density at radius 1 is 1.00 bits per heavy atom. The minimum atomic E-state index is -0.0537. The van der Waals surface area contributed by atoms with E-state index in [0.29, 0.717) is 22.8 Å². The first-order valence-electron chi connectivity index (χ1n) is 5.29. The summed E-state index contributed by atoms with van der Waals surface area (Å²) in [5.41, 5.74) is 6.93. The smallest absolute Gasteiger partial charge is 0.180 e. The number of imidazole rings is 1. The minimum Gasteiger partial charge on any atom is -0.507 e. The van der Waals surface area contributed by atoms with Crippen molar-refractivity contribution >= 4 is 17.0 Å². The van der Waals surface area contributed by atoms with Gasteiger partial charge in [-0.3, -0.25) is 0 Å². The van der Waals surface area contributed by atoms with E-state index < -0.39 is 0 Å². The van der Waals surface area contributed by atoms with E-state index >= 15 is 0 Å². The van der Waals surface area contributed by atoms with Crippen molar-refractivity contribution in [2.45, 2.75) is 0 Å². The number of rotatable bonds is 1. The number of hydrogen-bond donors (Lipinski definition) is 4. The number of aromatic nitrogens is 3. The predicted octanol–water partition coefficient (Wildman–Crippen LogP) is 1.62. The number of nitrogen functional groups attached to an aromatic ring is 1. The van der Waals surface area contributed by atoms with Crippen molar-refractivity contribution in [3.8, 4) is 22.9 Å². The van der Waals surface area contributed by atoms with Gasteiger partial charge in [0.2, 0.25) is 0 Å². The van der Waals surface area contributed by atoms with Crippen LogP contribution in [0.1, 0.15) is 0 Å². The normalized spacial score (nSPS) is 10.9. The monoisotopic (exact) mass is 242 g/mol. The van der Waals surface area contributed by atoms with Crippen molar-refractivity contribution in [3.05, 3.63) is 30.3 Å². The molecule has 3 aromatic rings. The number of phenols is 2. The number of anilines is 1. The molecular formula is C12H10N4O2. The Bertz CT molecular complexity index is 716. The first-order chi connectivity index (χ1) is 8.65. The summed E-state index contributed by atoms with van der Waals surface area (Å²) in [4.78, 5) is 11.2. The molecule has 6 nitrogen and oxygen atoms in total. The van der Waals surface area contributed by atoms with Gasteiger partial charge >= 0.3 is 0 Å². The van der Waals surface area contributed by atoms with E-state index in [1.807, 2.05) is 0 Å². The van der Waals surface area contributed by atoms with Gasteiger partial charge in [0.15, 0.2) is 5.65 Å². The van der Waals surface area contributed by atoms with Crippen LogP contribution in [0.15, 0.2) is 30.3 Å². The molecule has 3 rings (SSSR count). The van der Waals surface area contributed by atoms with Crippen LogP contribution in [-0.2, 0) is 0 Å². The highest BCUT2D eigenvalue weighted by molar-refractivity contribution is 5.80. The summed E-state index contributed by atoms with van der Waals surface area (Å²) >= 11 is 0. The summed E-state index contributed by atoms with van der Waals surface area (Å²) in [5, 5.41) is 19.5. The zero-order chi connectivity index (χ0) is 12.7. The van der Waals surface area contributed by atoms with Crippen LogP contribution in [0.25, 0.3) is 22.6 Å². The predicted molar refractivity (Wildman–Crippen MR) is 67.1 cm³/mol. The maximum absolute atomic E-state index is 9.76. The number of hydrogen-bond acceptors (Lipinski definition) is 5. The summed E-state index contributed by atoms with van der Waals surface area (Å²) in [7, 11) is 0. The summed E-state index contributed by atoms with van der Waals surface area (Å²) in [6, 6.07) is 7.89. The first kappa shape index (κ1) is 10.4. The standard InChI is InChI=1S/C12H10N4O2/c13-9-5-4-6-11(15-9)16-12(14-6)10-7(17)2-1-3-8(10)18/h1-5,17-18H,(H3,13,14,15,16). The maximum Gasteiger partial charge on any atom is 0.180 e. The van der Waals surface area contributed by atoms with Crippen LogP contribution in [0.2, 0.25) is 0 Å². The fraction of sp³-hybridized carbons (Fsp3) is 0. The second kappa shape index (κ2) is 3.63. The zero-order valence-electron chi connectivity index (χ0n) is 9.25. The van der Waals surface area contributed by atoms with Crippen LogP contribution >= 0.6 is 0 Å². The summed E-state index contributed by atoms with van der Waals surface area (Å²) in [6.07, 6.45) is 0. The number of fused-ring (bicyclic) bond motifs is 1. The largest absolute Gasteiger partial charge is 0.507 e. The van der Waals surface area contributed by atoms with E-state index in [-0.39, 0.29) is 17.1 Å². The molecule has 0 saturated carbocycles. The Labute approximate surface area is 102 Å². The number of phenolic OH excluding ortho intramolecular Hbond substituents is 2. The van der Waals surface area contributed by atoms with Crippen LogP contribution in [0.4, 0.5) is 5.82 Å². The molecule has 90 valence electrons. The third-order valence-corrected chi connectivity index (χ3v) is 2.62. The second-order valence-electron chi connectivity index (χ2n) is 3.86. The van der Waals surface area contributed by atoms with Gasteiger partial charge < -0.3 is 20.9 Å². The molecule has 0 unspecified atom stereocenters. The molecule has 0 amide bonds. The first-order valence-corrected chi connectivity index (χ1v) is 5.29. The van der Waals surface area contributed by atoms with Gasteiger partial charge in [0, 0.05) is 0 Å². The van der Waals surface area contributed by atoms with E-state index in [2.05, 4.69) is 15.0 Å². The number of aromatic hydroxyl groups is 2. The van der Waals surface area contributed by atoms with Crippen molar-refractivity contribution in [2.75, 3.05) is 5.73 Å². The molecule has 0 aliphatic rings. The molecule has 0 radical (unpaired) electrons. The van der Waals surface area contributed by atoms with Gasteiger partial charge in [-0.25, -0.2) is 9.97 Å². The van der Waals surface area contributed by atoms with E-state index in [1.54, 1.807) is 18.2 Å². The molecule has 0 fully saturated rings. The fourth-order valence-electron chi connectivity index (χ4n) is 1.80. The van der Waals surface area contributed by atoms with Gasteiger partial charge in [-0.05, 0) is 24.3 Å². The highest BCUT2D eigenvalue weighted by atomic mass is 16.3. The molecule has 2 heterocycles. The number of benzene rings is 1. The minimum absolute atomic E-state index is 0.0537. The lowest BCUT2D eigenvalue weighted by molar-refractivity contribution is 0.453. The number of pyridine rings is 1. The number of aromatic amines is 1. The van der Waals surface area contributed by atoms with Gasteiger partial charge in [0.1, 0.15) is 28.7 Å². The molecule has 0 aliphatic heterocycles. The number of nitrogens with one attached hydrogen (secondary N) is 1. The molecule has 0 saturated heterocycles. The number of H-pyrrole nitrogens is 1. The number of nitrogens with zero attached hydrogens (tertiary/aromatic N) is 2. The molecule has 2 aromatic heterocycles. The average molecular weight is 242 g/mol. The maximum atomic E-state index is 9.76. The lowest BCUT2D eigenvalue weighted by Gasteiger charge is -2.02. The van der Waals surface area contributed by atoms with E-state index in [0.717, 1.165) is 0 Å². The Hall–Kier alpha value is -2.76. The second-order valence-corrected chi connectivity index (χ2v) is 3.86. The lowest BCUT2D eigenvalue weighted by Crippen LogP contribution is -1.88. The van der Waals surface area contributed by atoms with Gasteiger partial charge in [-0.2, -0.15) is 0 Å². The van der Waals surface area contributed by atoms with Crippen LogP contribution in [0, 0.1) is 0 Å². The lowest BCUT2D eigenvalue weighted by atomic mass is 10.1. The van der Waals surface area contributed by atoms with Gasteiger partial charge in [-0.15, -0.1) is 0 Å². The van der Waals surface area contributed by atoms with Gasteiger partial charge in [0.25, 0.3) is 0 Å². The third-order valence-electron chi connectivity index (χ3n) is 2.62. The Kier molecular flexibility index (Phi) is 2.09. The molecule has 6 heteroatoms. The number of nitrogens with two attached hydrogens (primary N) is 1. The van der Waals surface area contributed by atoms with Crippen molar-refractivity contribution < 1.29 is 10.2 Å². The summed E-state index contributed by atoms with van der Waals surface area (Å²) in [5.74, 6) is 0.602. The molecular weight excluding hydrogens is 232 g/mol. The third kappa shape index (κ3) is 1.51. The molecule has 0 atom stereocenters. The Balaban J connectivity index is 2.26. The molecule has 1 aromatic carbocycles. The van der Waals surface area contributed by atoms with E-state index in [9.17, 15) is 10.2 Å². The zero-order valence-corrected chi connectivity index (χ0v) is 9.25. The summed E-state index contributed by atoms with van der Waals surface area (Å²) in [6.45, 7) is 0. The van der Waals surface area contributed by atoms with Crippen molar-refractivity contribution in [1.82, 2.24) is 15.0 Å². The summed E-state index contributed by atoms with van der Waals surface area (Å²) < 4.78 is 0. The molecule has 0 aliphatic carbocycles. The Morgan fingerprint density at radius 3 is 2.44 bits per heavy atom. The topological polar surface area (TPSA) is 108 Å². The SMILES string of the molecule is Nc1ccc2[nH]c(-c3c(O)cccc3O)nc2n1. The van der Waals surface area contributed by atoms with Crippen LogP contribution in [0.3, 0.4) is 0 Å². The molecule has 5 N–H and O–H groups in total. The van der Waals surface area contributed by atoms with Crippen LogP contribution < -0.4 is 5.73 Å². The van der Waals surface area contributed by atoms with E-state index in [4.69, 9.17) is 5.73 Å². The quantitative estimate of drug-likeness (QED) is 0.518. The van der Waals surface area contributed by atoms with Gasteiger partial charge in [-0.1, -0.05) is 6.07 Å². The van der Waals surface area contributed by atoms with Crippen LogP contribution in [-0.4, -0.2) is 25.2 Å². The van der Waals surface area contributed by atoms with Crippen molar-refractivity contribution in [3.63, 3.8) is 0 Å². The molecule has 0 bridgehead atoms. The highest BCUT2D eigenvalue weighted by Gasteiger charge is 2.14. The molecule has 0 spiro atoms. The van der Waals surface area contributed by atoms with E-state index in [1.165, 1.54) is 12.1 Å². The van der Waals surface area contributed by atoms with Crippen molar-refractivity contribution in [2.24, 2.45) is 0 Å².